The van der Waals surface area contributed by atoms with Crippen LogP contribution in [0, 0.1) is 5.92 Å². The van der Waals surface area contributed by atoms with Gasteiger partial charge in [0.1, 0.15) is 5.76 Å². The van der Waals surface area contributed by atoms with Crippen LogP contribution in [0.3, 0.4) is 0 Å². The van der Waals surface area contributed by atoms with Crippen molar-refractivity contribution >= 4 is 0 Å². The summed E-state index contributed by atoms with van der Waals surface area (Å²) in [5.74, 6) is 2.53. The molecule has 1 aromatic carbocycles. The maximum Gasteiger partial charge on any atom is 0.194 e. The molecule has 1 atom stereocenters. The number of hydrogen-bond acceptors (Lipinski definition) is 3. The summed E-state index contributed by atoms with van der Waals surface area (Å²) >= 11 is 0. The summed E-state index contributed by atoms with van der Waals surface area (Å²) in [5, 5.41) is 3.43. The first-order valence-electron chi connectivity index (χ1n) is 7.08. The van der Waals surface area contributed by atoms with Crippen LogP contribution < -0.4 is 5.32 Å². The molecule has 1 saturated heterocycles. The van der Waals surface area contributed by atoms with Crippen molar-refractivity contribution in [2.45, 2.75) is 25.7 Å². The Morgan fingerprint density at radius 1 is 1.26 bits per heavy atom. The van der Waals surface area contributed by atoms with Crippen molar-refractivity contribution in [3.05, 3.63) is 53.7 Å². The first-order valence-corrected chi connectivity index (χ1v) is 7.08. The molecular weight excluding hydrogens is 236 g/mol. The monoisotopic (exact) mass is 256 g/mol. The van der Waals surface area contributed by atoms with E-state index in [9.17, 15) is 0 Å². The van der Waals surface area contributed by atoms with E-state index < -0.39 is 0 Å². The van der Waals surface area contributed by atoms with Crippen LogP contribution >= 0.6 is 0 Å². The normalized spacial score (nSPS) is 19.5. The third kappa shape index (κ3) is 3.44. The van der Waals surface area contributed by atoms with Gasteiger partial charge in [-0.1, -0.05) is 30.3 Å². The molecule has 100 valence electrons. The molecule has 1 aliphatic heterocycles. The van der Waals surface area contributed by atoms with E-state index in [4.69, 9.17) is 4.42 Å². The molecule has 0 saturated carbocycles. The van der Waals surface area contributed by atoms with Crippen LogP contribution in [0.4, 0.5) is 0 Å². The zero-order valence-electron chi connectivity index (χ0n) is 11.1. The van der Waals surface area contributed by atoms with E-state index in [1.165, 1.54) is 18.4 Å². The Bertz CT molecular complexity index is 500. The van der Waals surface area contributed by atoms with Crippen LogP contribution in [0.1, 0.15) is 30.1 Å². The Labute approximate surface area is 114 Å². The molecule has 2 aromatic rings. The standard InChI is InChI=1S/C16H20N2O/c1-2-5-13(6-3-1)9-15-12-18-16(19-15)10-14-7-4-8-17-11-14/h1-3,5-6,12,14,17H,4,7-11H2. The zero-order valence-corrected chi connectivity index (χ0v) is 11.1. The average Bonchev–Trinajstić information content (AvgIpc) is 2.88. The highest BCUT2D eigenvalue weighted by Gasteiger charge is 2.16. The molecule has 3 heteroatoms. The fourth-order valence-electron chi connectivity index (χ4n) is 2.67. The van der Waals surface area contributed by atoms with Gasteiger partial charge in [-0.15, -0.1) is 0 Å². The lowest BCUT2D eigenvalue weighted by molar-refractivity contribution is 0.340. The predicted molar refractivity (Wildman–Crippen MR) is 75.0 cm³/mol. The minimum atomic E-state index is 0.678. The van der Waals surface area contributed by atoms with Crippen molar-refractivity contribution in [2.24, 2.45) is 5.92 Å². The summed E-state index contributed by atoms with van der Waals surface area (Å²) in [5.41, 5.74) is 1.27. The molecule has 2 heterocycles. The van der Waals surface area contributed by atoms with Crippen molar-refractivity contribution in [1.82, 2.24) is 10.3 Å². The molecule has 3 nitrogen and oxygen atoms in total. The van der Waals surface area contributed by atoms with Gasteiger partial charge in [-0.2, -0.15) is 0 Å². The molecule has 0 spiro atoms. The van der Waals surface area contributed by atoms with E-state index in [1.807, 2.05) is 12.3 Å². The van der Waals surface area contributed by atoms with Gasteiger partial charge in [0, 0.05) is 12.8 Å². The quantitative estimate of drug-likeness (QED) is 0.914. The molecule has 3 rings (SSSR count). The lowest BCUT2D eigenvalue weighted by atomic mass is 9.96. The Hall–Kier alpha value is -1.61. The van der Waals surface area contributed by atoms with E-state index in [1.54, 1.807) is 0 Å². The molecule has 0 bridgehead atoms. The number of hydrogen-bond donors (Lipinski definition) is 1. The highest BCUT2D eigenvalue weighted by atomic mass is 16.4. The lowest BCUT2D eigenvalue weighted by Gasteiger charge is -2.21. The van der Waals surface area contributed by atoms with Gasteiger partial charge in [0.2, 0.25) is 0 Å². The first-order chi connectivity index (χ1) is 9.40. The summed E-state index contributed by atoms with van der Waals surface area (Å²) in [7, 11) is 0. The SMILES string of the molecule is c1ccc(Cc2cnc(CC3CCCNC3)o2)cc1. The van der Waals surface area contributed by atoms with Crippen LogP contribution in [-0.2, 0) is 12.8 Å². The highest BCUT2D eigenvalue weighted by Crippen LogP contribution is 2.17. The van der Waals surface area contributed by atoms with E-state index in [-0.39, 0.29) is 0 Å². The van der Waals surface area contributed by atoms with Crippen molar-refractivity contribution in [2.75, 3.05) is 13.1 Å². The molecule has 1 aliphatic rings. The topological polar surface area (TPSA) is 38.1 Å². The van der Waals surface area contributed by atoms with Crippen molar-refractivity contribution in [1.29, 1.82) is 0 Å². The summed E-state index contributed by atoms with van der Waals surface area (Å²) < 4.78 is 5.85. The Morgan fingerprint density at radius 3 is 2.95 bits per heavy atom. The molecule has 0 amide bonds. The number of piperidine rings is 1. The summed E-state index contributed by atoms with van der Waals surface area (Å²) in [6, 6.07) is 10.4. The minimum Gasteiger partial charge on any atom is -0.445 e. The van der Waals surface area contributed by atoms with Crippen LogP contribution in [-0.4, -0.2) is 18.1 Å². The maximum atomic E-state index is 5.85. The fraction of sp³-hybridized carbons (Fsp3) is 0.438. The summed E-state index contributed by atoms with van der Waals surface area (Å²) in [4.78, 5) is 4.41. The van der Waals surface area contributed by atoms with Crippen LogP contribution in [0.2, 0.25) is 0 Å². The second kappa shape index (κ2) is 6.02. The molecule has 1 fully saturated rings. The van der Waals surface area contributed by atoms with Crippen molar-refractivity contribution in [3.63, 3.8) is 0 Å². The number of oxazole rings is 1. The van der Waals surface area contributed by atoms with E-state index in [0.717, 1.165) is 37.6 Å². The van der Waals surface area contributed by atoms with Gasteiger partial charge < -0.3 is 9.73 Å². The molecule has 0 radical (unpaired) electrons. The van der Waals surface area contributed by atoms with Gasteiger partial charge in [0.05, 0.1) is 6.20 Å². The molecule has 1 N–H and O–H groups in total. The fourth-order valence-corrected chi connectivity index (χ4v) is 2.67. The maximum absolute atomic E-state index is 5.85. The van der Waals surface area contributed by atoms with Crippen molar-refractivity contribution in [3.8, 4) is 0 Å². The highest BCUT2D eigenvalue weighted by molar-refractivity contribution is 5.19. The summed E-state index contributed by atoms with van der Waals surface area (Å²) in [6.45, 7) is 2.25. The van der Waals surface area contributed by atoms with Gasteiger partial charge in [-0.05, 0) is 37.4 Å². The van der Waals surface area contributed by atoms with Gasteiger partial charge in [0.25, 0.3) is 0 Å². The minimum absolute atomic E-state index is 0.678. The van der Waals surface area contributed by atoms with E-state index >= 15 is 0 Å². The number of nitrogens with zero attached hydrogens (tertiary/aromatic N) is 1. The smallest absolute Gasteiger partial charge is 0.194 e. The lowest BCUT2D eigenvalue weighted by Crippen LogP contribution is -2.30. The van der Waals surface area contributed by atoms with E-state index in [0.29, 0.717) is 5.92 Å². The van der Waals surface area contributed by atoms with Crippen LogP contribution in [0.25, 0.3) is 0 Å². The predicted octanol–water partition coefficient (Wildman–Crippen LogP) is 2.81. The second-order valence-corrected chi connectivity index (χ2v) is 5.30. The number of nitrogens with one attached hydrogen (secondary N) is 1. The van der Waals surface area contributed by atoms with Gasteiger partial charge in [-0.3, -0.25) is 0 Å². The van der Waals surface area contributed by atoms with Gasteiger partial charge in [0.15, 0.2) is 5.89 Å². The molecule has 0 aliphatic carbocycles. The number of benzene rings is 1. The second-order valence-electron chi connectivity index (χ2n) is 5.30. The average molecular weight is 256 g/mol. The first kappa shape index (κ1) is 12.4. The molecule has 1 aromatic heterocycles. The third-order valence-corrected chi connectivity index (χ3v) is 3.68. The van der Waals surface area contributed by atoms with Gasteiger partial charge in [-0.25, -0.2) is 4.98 Å². The van der Waals surface area contributed by atoms with Crippen molar-refractivity contribution < 1.29 is 4.42 Å². The largest absolute Gasteiger partial charge is 0.445 e. The Balaban J connectivity index is 1.59. The van der Waals surface area contributed by atoms with Crippen LogP contribution in [0.5, 0.6) is 0 Å². The molecule has 19 heavy (non-hydrogen) atoms. The Morgan fingerprint density at radius 2 is 2.16 bits per heavy atom. The zero-order chi connectivity index (χ0) is 12.9. The summed E-state index contributed by atoms with van der Waals surface area (Å²) in [6.07, 6.45) is 6.21. The van der Waals surface area contributed by atoms with Crippen LogP contribution in [0.15, 0.2) is 40.9 Å². The van der Waals surface area contributed by atoms with Gasteiger partial charge >= 0.3 is 0 Å². The molecular formula is C16H20N2O. The number of rotatable bonds is 4. The third-order valence-electron chi connectivity index (χ3n) is 3.68. The number of aromatic nitrogens is 1. The molecule has 1 unspecified atom stereocenters. The Kier molecular flexibility index (Phi) is 3.94. The van der Waals surface area contributed by atoms with E-state index in [2.05, 4.69) is 34.6 Å².